The maximum Gasteiger partial charge on any atom is 0.120 e. The van der Waals surface area contributed by atoms with Gasteiger partial charge >= 0.3 is 0 Å². The minimum atomic E-state index is 0.442. The Balaban J connectivity index is 1.46. The molecule has 2 aliphatic heterocycles. The van der Waals surface area contributed by atoms with Crippen LogP contribution in [0, 0.1) is 29.6 Å². The number of nitrogens with zero attached hydrogens (tertiary/aromatic N) is 3. The Hall–Kier alpha value is -2.53. The Labute approximate surface area is 154 Å². The van der Waals surface area contributed by atoms with Crippen LogP contribution in [0.5, 0.6) is 0 Å². The van der Waals surface area contributed by atoms with E-state index in [9.17, 15) is 0 Å². The van der Waals surface area contributed by atoms with Crippen molar-refractivity contribution in [1.29, 1.82) is 10.8 Å². The van der Waals surface area contributed by atoms with Crippen LogP contribution in [-0.4, -0.2) is 59.6 Å². The van der Waals surface area contributed by atoms with Crippen molar-refractivity contribution in [1.82, 2.24) is 14.8 Å². The number of hydrogen-bond acceptors (Lipinski definition) is 4. The predicted molar refractivity (Wildman–Crippen MR) is 106 cm³/mol. The molecule has 3 heterocycles. The lowest BCUT2D eigenvalue weighted by Crippen LogP contribution is -2.30. The number of pyridine rings is 1. The number of fused-ring (bicyclic) bond motifs is 2. The lowest BCUT2D eigenvalue weighted by atomic mass is 10.0. The molecule has 0 bridgehead atoms. The number of likely N-dealkylation sites (tertiary alicyclic amines) is 2. The van der Waals surface area contributed by atoms with Gasteiger partial charge in [-0.3, -0.25) is 10.4 Å². The topological polar surface area (TPSA) is 67.1 Å². The van der Waals surface area contributed by atoms with Gasteiger partial charge < -0.3 is 15.2 Å². The zero-order chi connectivity index (χ0) is 18.3. The summed E-state index contributed by atoms with van der Waals surface area (Å²) in [5, 5.41) is 17.8. The number of allylic oxidation sites excluding steroid dienone is 1. The first-order valence-corrected chi connectivity index (χ1v) is 9.15. The van der Waals surface area contributed by atoms with Crippen LogP contribution in [0.1, 0.15) is 11.1 Å². The molecule has 0 spiro atoms. The average molecular weight is 347 g/mol. The third-order valence-electron chi connectivity index (χ3n) is 5.66. The molecular weight excluding hydrogens is 322 g/mol. The van der Waals surface area contributed by atoms with Crippen LogP contribution in [-0.2, 0) is 0 Å². The van der Waals surface area contributed by atoms with E-state index in [1.165, 1.54) is 0 Å². The van der Waals surface area contributed by atoms with E-state index < -0.39 is 0 Å². The van der Waals surface area contributed by atoms with Crippen molar-refractivity contribution in [2.24, 2.45) is 11.8 Å². The second-order valence-electron chi connectivity index (χ2n) is 7.64. The van der Waals surface area contributed by atoms with Gasteiger partial charge in [0.25, 0.3) is 0 Å². The van der Waals surface area contributed by atoms with Gasteiger partial charge in [-0.25, -0.2) is 0 Å². The molecule has 5 nitrogen and oxygen atoms in total. The highest BCUT2D eigenvalue weighted by molar-refractivity contribution is 6.11. The normalized spacial score (nSPS) is 23.1. The van der Waals surface area contributed by atoms with Crippen molar-refractivity contribution >= 4 is 22.5 Å². The number of amidine groups is 1. The highest BCUT2D eigenvalue weighted by Gasteiger charge is 2.38. The molecule has 2 N–H and O–H groups in total. The molecule has 26 heavy (non-hydrogen) atoms. The summed E-state index contributed by atoms with van der Waals surface area (Å²) in [6.07, 6.45) is 5.32. The zero-order valence-corrected chi connectivity index (χ0v) is 15.4. The summed E-state index contributed by atoms with van der Waals surface area (Å²) >= 11 is 0. The van der Waals surface area contributed by atoms with E-state index in [0.717, 1.165) is 48.2 Å². The molecule has 0 unspecified atom stereocenters. The molecule has 134 valence electrons. The summed E-state index contributed by atoms with van der Waals surface area (Å²) in [6, 6.07) is 7.98. The van der Waals surface area contributed by atoms with Crippen molar-refractivity contribution in [2.75, 3.05) is 33.2 Å². The first kappa shape index (κ1) is 16.9. The SMILES string of the molecule is Cc1cc2ncccc2cc1C(=N)/C=C\C(=N)N1C[C@H]2CN(C)C[C@H]2C1. The number of benzene rings is 1. The van der Waals surface area contributed by atoms with Gasteiger partial charge in [0.1, 0.15) is 5.84 Å². The second kappa shape index (κ2) is 6.65. The average Bonchev–Trinajstić information content (AvgIpc) is 3.16. The molecule has 0 aliphatic carbocycles. The maximum atomic E-state index is 8.43. The molecule has 0 amide bonds. The Morgan fingerprint density at radius 2 is 1.85 bits per heavy atom. The minimum Gasteiger partial charge on any atom is -0.356 e. The molecule has 2 aliphatic rings. The van der Waals surface area contributed by atoms with Gasteiger partial charge in [-0.2, -0.15) is 0 Å². The number of nitrogens with one attached hydrogen (secondary N) is 2. The van der Waals surface area contributed by atoms with Crippen LogP contribution in [0.15, 0.2) is 42.6 Å². The Kier molecular flexibility index (Phi) is 4.32. The molecule has 5 heteroatoms. The van der Waals surface area contributed by atoms with Crippen molar-refractivity contribution in [3.8, 4) is 0 Å². The molecular formula is C21H25N5. The fourth-order valence-corrected chi connectivity index (χ4v) is 4.30. The summed E-state index contributed by atoms with van der Waals surface area (Å²) < 4.78 is 0. The summed E-state index contributed by atoms with van der Waals surface area (Å²) in [4.78, 5) is 8.91. The third-order valence-corrected chi connectivity index (χ3v) is 5.66. The summed E-state index contributed by atoms with van der Waals surface area (Å²) in [6.45, 7) is 6.21. The van der Waals surface area contributed by atoms with E-state index in [-0.39, 0.29) is 0 Å². The molecule has 0 saturated carbocycles. The fourth-order valence-electron chi connectivity index (χ4n) is 4.30. The van der Waals surface area contributed by atoms with Crippen LogP contribution >= 0.6 is 0 Å². The first-order valence-electron chi connectivity index (χ1n) is 9.15. The number of rotatable bonds is 3. The Morgan fingerprint density at radius 1 is 1.12 bits per heavy atom. The molecule has 2 aromatic rings. The lowest BCUT2D eigenvalue weighted by Gasteiger charge is -2.20. The number of hydrogen-bond donors (Lipinski definition) is 2. The molecule has 2 fully saturated rings. The van der Waals surface area contributed by atoms with Crippen LogP contribution in [0.25, 0.3) is 10.9 Å². The highest BCUT2D eigenvalue weighted by Crippen LogP contribution is 2.30. The van der Waals surface area contributed by atoms with Crippen molar-refractivity contribution in [2.45, 2.75) is 6.92 Å². The van der Waals surface area contributed by atoms with Gasteiger partial charge in [-0.05, 0) is 61.7 Å². The standard InChI is InChI=1S/C21H25N5/c1-14-8-20-15(4-3-7-24-20)9-18(14)19(22)5-6-21(23)26-12-16-10-25(2)11-17(16)13-26/h3-9,16-17,22-23H,10-13H2,1-2H3/b6-5-,22-19?,23-21?/t16-,17+. The van der Waals surface area contributed by atoms with Crippen molar-refractivity contribution in [3.63, 3.8) is 0 Å². The van der Waals surface area contributed by atoms with Crippen LogP contribution < -0.4 is 0 Å². The highest BCUT2D eigenvalue weighted by atomic mass is 15.2. The smallest absolute Gasteiger partial charge is 0.120 e. The van der Waals surface area contributed by atoms with E-state index >= 15 is 0 Å². The number of aryl methyl sites for hydroxylation is 1. The minimum absolute atomic E-state index is 0.442. The van der Waals surface area contributed by atoms with Gasteiger partial charge in [0.2, 0.25) is 0 Å². The third kappa shape index (κ3) is 3.15. The van der Waals surface area contributed by atoms with E-state index in [4.69, 9.17) is 10.8 Å². The molecule has 4 rings (SSSR count). The van der Waals surface area contributed by atoms with Crippen LogP contribution in [0.2, 0.25) is 0 Å². The van der Waals surface area contributed by atoms with E-state index in [1.807, 2.05) is 31.2 Å². The van der Waals surface area contributed by atoms with Crippen LogP contribution in [0.4, 0.5) is 0 Å². The van der Waals surface area contributed by atoms with Crippen LogP contribution in [0.3, 0.4) is 0 Å². The zero-order valence-electron chi connectivity index (χ0n) is 15.4. The quantitative estimate of drug-likeness (QED) is 0.663. The summed E-state index contributed by atoms with van der Waals surface area (Å²) in [5.74, 6) is 1.89. The second-order valence-corrected chi connectivity index (χ2v) is 7.64. The Morgan fingerprint density at radius 3 is 2.58 bits per heavy atom. The largest absolute Gasteiger partial charge is 0.356 e. The summed E-state index contributed by atoms with van der Waals surface area (Å²) in [7, 11) is 2.18. The lowest BCUT2D eigenvalue weighted by molar-refractivity contribution is 0.348. The fraction of sp³-hybridized carbons (Fsp3) is 0.381. The number of aromatic nitrogens is 1. The van der Waals surface area contributed by atoms with Gasteiger partial charge in [-0.15, -0.1) is 0 Å². The van der Waals surface area contributed by atoms with Gasteiger partial charge in [0.05, 0.1) is 11.2 Å². The van der Waals surface area contributed by atoms with Crippen molar-refractivity contribution in [3.05, 3.63) is 53.7 Å². The van der Waals surface area contributed by atoms with Crippen molar-refractivity contribution < 1.29 is 0 Å². The molecule has 0 radical (unpaired) electrons. The van der Waals surface area contributed by atoms with E-state index in [0.29, 0.717) is 23.4 Å². The predicted octanol–water partition coefficient (Wildman–Crippen LogP) is 2.94. The Bertz CT molecular complexity index is 886. The molecule has 1 aromatic heterocycles. The van der Waals surface area contributed by atoms with Gasteiger partial charge in [0.15, 0.2) is 0 Å². The van der Waals surface area contributed by atoms with Gasteiger partial charge in [-0.1, -0.05) is 6.07 Å². The molecule has 2 saturated heterocycles. The first-order chi connectivity index (χ1) is 12.5. The van der Waals surface area contributed by atoms with Gasteiger partial charge in [0, 0.05) is 43.3 Å². The molecule has 2 atom stereocenters. The van der Waals surface area contributed by atoms with E-state index in [1.54, 1.807) is 18.3 Å². The summed E-state index contributed by atoms with van der Waals surface area (Å²) in [5.41, 5.74) is 3.33. The monoisotopic (exact) mass is 347 g/mol. The van der Waals surface area contributed by atoms with E-state index in [2.05, 4.69) is 21.8 Å². The molecule has 1 aromatic carbocycles. The maximum absolute atomic E-state index is 8.43.